The maximum atomic E-state index is 13.9. The number of phenolic OH excluding ortho intramolecular Hbond substituents is 1. The number of hydrogen-bond acceptors (Lipinski definition) is 9. The van der Waals surface area contributed by atoms with Crippen LogP contribution in [0.1, 0.15) is 57.1 Å². The topological polar surface area (TPSA) is 148 Å². The Kier molecular flexibility index (Phi) is 4.42. The lowest BCUT2D eigenvalue weighted by Gasteiger charge is -2.30. The second-order valence-corrected chi connectivity index (χ2v) is 8.57. The van der Waals surface area contributed by atoms with Crippen molar-refractivity contribution in [2.45, 2.75) is 33.1 Å². The largest absolute Gasteiger partial charge is 0.872 e. The van der Waals surface area contributed by atoms with Crippen LogP contribution in [0.5, 0.6) is 17.2 Å². The predicted molar refractivity (Wildman–Crippen MR) is 117 cm³/mol. The third-order valence-electron chi connectivity index (χ3n) is 6.54. The van der Waals surface area contributed by atoms with Crippen molar-refractivity contribution in [3.63, 3.8) is 0 Å². The van der Waals surface area contributed by atoms with Gasteiger partial charge in [0.25, 0.3) is 0 Å². The molecule has 1 aromatic heterocycles. The molecule has 174 valence electrons. The number of phenols is 1. The average Bonchev–Trinajstić information content (AvgIpc) is 3.27. The van der Waals surface area contributed by atoms with E-state index in [2.05, 4.69) is 5.10 Å². The summed E-state index contributed by atoms with van der Waals surface area (Å²) in [6.45, 7) is 5.90. The monoisotopic (exact) mass is 462 g/mol. The van der Waals surface area contributed by atoms with Gasteiger partial charge in [-0.3, -0.25) is 20.0 Å². The SMILES string of the molecule is CC(=O)c1c(O)c(C)c([O-])c2c1OC1=Cc3c(c(C)nn3-c3ccc(N(O)O)cc3)C(=O)[C@@]12C. The van der Waals surface area contributed by atoms with Gasteiger partial charge in [0, 0.05) is 11.6 Å². The van der Waals surface area contributed by atoms with Crippen molar-refractivity contribution in [3.8, 4) is 22.9 Å². The minimum atomic E-state index is -1.49. The lowest BCUT2D eigenvalue weighted by molar-refractivity contribution is -0.270. The molecule has 0 spiro atoms. The number of carbonyl (C=O) groups is 2. The third-order valence-corrected chi connectivity index (χ3v) is 6.54. The first-order valence-electron chi connectivity index (χ1n) is 10.4. The first-order valence-corrected chi connectivity index (χ1v) is 10.4. The molecule has 10 heteroatoms. The number of nitrogens with zero attached hydrogens (tertiary/aromatic N) is 3. The van der Waals surface area contributed by atoms with E-state index in [1.54, 1.807) is 32.1 Å². The van der Waals surface area contributed by atoms with Gasteiger partial charge in [0.1, 0.15) is 28.2 Å². The van der Waals surface area contributed by atoms with Crippen LogP contribution in [0, 0.1) is 13.8 Å². The molecule has 0 amide bonds. The summed E-state index contributed by atoms with van der Waals surface area (Å²) in [6.07, 6.45) is 1.60. The second-order valence-electron chi connectivity index (χ2n) is 8.57. The lowest BCUT2D eigenvalue weighted by Crippen LogP contribution is -2.36. The van der Waals surface area contributed by atoms with Crippen molar-refractivity contribution < 1.29 is 35.0 Å². The number of anilines is 1. The van der Waals surface area contributed by atoms with Gasteiger partial charge in [0.2, 0.25) is 0 Å². The van der Waals surface area contributed by atoms with Gasteiger partial charge in [0.15, 0.2) is 11.6 Å². The molecule has 0 saturated carbocycles. The lowest BCUT2D eigenvalue weighted by atomic mass is 9.71. The maximum absolute atomic E-state index is 13.9. The molecule has 5 rings (SSSR count). The van der Waals surface area contributed by atoms with Crippen LogP contribution in [0.15, 0.2) is 30.0 Å². The molecule has 0 bridgehead atoms. The molecule has 0 fully saturated rings. The smallest absolute Gasteiger partial charge is 0.184 e. The van der Waals surface area contributed by atoms with Crippen LogP contribution in [0.25, 0.3) is 11.8 Å². The van der Waals surface area contributed by atoms with Crippen molar-refractivity contribution in [2.24, 2.45) is 0 Å². The minimum absolute atomic E-state index is 0.0152. The average molecular weight is 462 g/mol. The zero-order valence-electron chi connectivity index (χ0n) is 18.7. The van der Waals surface area contributed by atoms with Gasteiger partial charge >= 0.3 is 0 Å². The van der Waals surface area contributed by atoms with Crippen molar-refractivity contribution in [1.82, 2.24) is 9.78 Å². The molecule has 1 aliphatic carbocycles. The van der Waals surface area contributed by atoms with E-state index in [9.17, 15) is 30.2 Å². The fourth-order valence-electron chi connectivity index (χ4n) is 4.69. The van der Waals surface area contributed by atoms with Crippen molar-refractivity contribution in [2.75, 3.05) is 5.23 Å². The van der Waals surface area contributed by atoms with Gasteiger partial charge in [0.05, 0.1) is 28.3 Å². The highest BCUT2D eigenvalue weighted by Crippen LogP contribution is 2.57. The number of Topliss-reactive ketones (excluding diaryl/α,β-unsaturated/α-hetero) is 2. The zero-order valence-corrected chi connectivity index (χ0v) is 18.7. The molecule has 3 N–H and O–H groups in total. The zero-order chi connectivity index (χ0) is 24.7. The molecule has 2 heterocycles. The van der Waals surface area contributed by atoms with Crippen LogP contribution < -0.4 is 15.1 Å². The number of carbonyl (C=O) groups excluding carboxylic acids is 2. The van der Waals surface area contributed by atoms with E-state index >= 15 is 0 Å². The van der Waals surface area contributed by atoms with Crippen molar-refractivity contribution in [3.05, 3.63) is 63.7 Å². The fraction of sp³-hybridized carbons (Fsp3) is 0.208. The fourth-order valence-corrected chi connectivity index (χ4v) is 4.69. The summed E-state index contributed by atoms with van der Waals surface area (Å²) < 4.78 is 7.46. The predicted octanol–water partition coefficient (Wildman–Crippen LogP) is 2.94. The summed E-state index contributed by atoms with van der Waals surface area (Å²) >= 11 is 0. The number of hydrogen-bond donors (Lipinski definition) is 3. The van der Waals surface area contributed by atoms with Crippen molar-refractivity contribution >= 4 is 23.3 Å². The van der Waals surface area contributed by atoms with E-state index in [-0.39, 0.29) is 39.1 Å². The summed E-state index contributed by atoms with van der Waals surface area (Å²) in [6, 6.07) is 6.09. The summed E-state index contributed by atoms with van der Waals surface area (Å²) in [4.78, 5) is 26.2. The number of ether oxygens (including phenoxy) is 1. The maximum Gasteiger partial charge on any atom is 0.184 e. The molecule has 0 unspecified atom stereocenters. The molecule has 3 aromatic rings. The Morgan fingerprint density at radius 3 is 2.44 bits per heavy atom. The molecule has 0 radical (unpaired) electrons. The summed E-state index contributed by atoms with van der Waals surface area (Å²) in [5.41, 5.74) is 0.195. The van der Waals surface area contributed by atoms with Crippen LogP contribution >= 0.6 is 0 Å². The Hall–Kier alpha value is -4.15. The summed E-state index contributed by atoms with van der Waals surface area (Å²) in [5.74, 6) is -1.85. The highest BCUT2D eigenvalue weighted by molar-refractivity contribution is 6.14. The molecule has 34 heavy (non-hydrogen) atoms. The molecule has 2 aromatic carbocycles. The van der Waals surface area contributed by atoms with E-state index in [1.807, 2.05) is 0 Å². The molecular weight excluding hydrogens is 442 g/mol. The number of fused-ring (bicyclic) bond motifs is 4. The number of ketones is 2. The first kappa shape index (κ1) is 21.7. The van der Waals surface area contributed by atoms with Gasteiger partial charge in [-0.15, -0.1) is 5.23 Å². The molecular formula is C24H20N3O7-. The van der Waals surface area contributed by atoms with E-state index in [4.69, 9.17) is 4.74 Å². The van der Waals surface area contributed by atoms with E-state index < -0.39 is 28.5 Å². The molecule has 10 nitrogen and oxygen atoms in total. The van der Waals surface area contributed by atoms with E-state index in [1.165, 1.54) is 30.7 Å². The van der Waals surface area contributed by atoms with Crippen LogP contribution in [0.3, 0.4) is 0 Å². The Balaban J connectivity index is 1.74. The standard InChI is InChI=1S/C24H21N3O7/c1-10-20(29)18(12(3)28)22-19(21(10)30)24(4)16(34-22)9-15-17(23(24)31)11(2)25-26(15)13-5-7-14(8-6-13)27(32)33/h5-9,29-30,32-33H,1-4H3/p-1/t24-/m0/s1. The molecule has 1 aliphatic heterocycles. The Morgan fingerprint density at radius 1 is 1.21 bits per heavy atom. The van der Waals surface area contributed by atoms with Crippen LogP contribution in [0.4, 0.5) is 5.69 Å². The minimum Gasteiger partial charge on any atom is -0.872 e. The quantitative estimate of drug-likeness (QED) is 0.394. The van der Waals surface area contributed by atoms with Gasteiger partial charge in [-0.1, -0.05) is 5.75 Å². The molecule has 0 saturated heterocycles. The van der Waals surface area contributed by atoms with Crippen LogP contribution in [0.2, 0.25) is 0 Å². The molecule has 2 aliphatic rings. The molecule has 1 atom stereocenters. The Labute approximate surface area is 193 Å². The number of aryl methyl sites for hydroxylation is 1. The van der Waals surface area contributed by atoms with Gasteiger partial charge in [-0.2, -0.15) is 5.10 Å². The van der Waals surface area contributed by atoms with Gasteiger partial charge in [-0.05, 0) is 57.5 Å². The summed E-state index contributed by atoms with van der Waals surface area (Å²) in [5, 5.41) is 46.5. The van der Waals surface area contributed by atoms with E-state index in [0.717, 1.165) is 0 Å². The number of aromatic hydroxyl groups is 1. The number of benzene rings is 2. The third kappa shape index (κ3) is 2.60. The number of aromatic nitrogens is 2. The van der Waals surface area contributed by atoms with Crippen LogP contribution in [-0.2, 0) is 5.41 Å². The van der Waals surface area contributed by atoms with Gasteiger partial charge in [-0.25, -0.2) is 4.68 Å². The summed E-state index contributed by atoms with van der Waals surface area (Å²) in [7, 11) is 0. The Morgan fingerprint density at radius 2 is 1.85 bits per heavy atom. The number of allylic oxidation sites excluding steroid dienone is 1. The highest BCUT2D eigenvalue weighted by Gasteiger charge is 2.54. The van der Waals surface area contributed by atoms with E-state index in [0.29, 0.717) is 22.6 Å². The number of rotatable bonds is 3. The normalized spacial score (nSPS) is 18.1. The van der Waals surface area contributed by atoms with Gasteiger partial charge < -0.3 is 14.9 Å². The highest BCUT2D eigenvalue weighted by atomic mass is 16.8. The van der Waals surface area contributed by atoms with Crippen LogP contribution in [-0.4, -0.2) is 36.9 Å². The first-order chi connectivity index (χ1) is 16.0. The Bertz CT molecular complexity index is 1450. The second kappa shape index (κ2) is 6.92. The van der Waals surface area contributed by atoms with Crippen molar-refractivity contribution in [1.29, 1.82) is 0 Å².